The Bertz CT molecular complexity index is 943. The number of hydrogen-bond acceptors (Lipinski definition) is 6. The van der Waals surface area contributed by atoms with Crippen LogP contribution < -0.4 is 0 Å². The summed E-state index contributed by atoms with van der Waals surface area (Å²) in [5, 5.41) is 10.9. The standard InChI is InChI=1S/C20H24N2O6S/c1-4-28-20(23)19(15(2)3)21(14-16-8-6-5-7-9-16)29(26,27)18-12-10-17(11-13-18)22(24)25/h5-13,15,19H,4,14H2,1-3H3/t19-/m1/s1. The summed E-state index contributed by atoms with van der Waals surface area (Å²) in [6, 6.07) is 12.5. The molecule has 0 spiro atoms. The van der Waals surface area contributed by atoms with Crippen LogP contribution in [-0.2, 0) is 26.1 Å². The summed E-state index contributed by atoms with van der Waals surface area (Å²) in [6.45, 7) is 5.22. The van der Waals surface area contributed by atoms with Gasteiger partial charge in [0.1, 0.15) is 6.04 Å². The van der Waals surface area contributed by atoms with E-state index in [0.717, 1.165) is 16.4 Å². The van der Waals surface area contributed by atoms with E-state index in [-0.39, 0.29) is 29.7 Å². The monoisotopic (exact) mass is 420 g/mol. The molecule has 0 saturated heterocycles. The summed E-state index contributed by atoms with van der Waals surface area (Å²) < 4.78 is 33.1. The van der Waals surface area contributed by atoms with Gasteiger partial charge < -0.3 is 4.74 Å². The molecule has 0 N–H and O–H groups in total. The van der Waals surface area contributed by atoms with Gasteiger partial charge in [-0.25, -0.2) is 8.42 Å². The number of ether oxygens (including phenoxy) is 1. The Hall–Kier alpha value is -2.78. The molecule has 1 atom stereocenters. The number of benzene rings is 2. The SMILES string of the molecule is CCOC(=O)[C@@H](C(C)C)N(Cc1ccccc1)S(=O)(=O)c1ccc([N+](=O)[O-])cc1. The van der Waals surface area contributed by atoms with Crippen molar-refractivity contribution in [3.8, 4) is 0 Å². The first-order valence-corrected chi connectivity index (χ1v) is 10.6. The van der Waals surface area contributed by atoms with E-state index in [1.807, 2.05) is 6.07 Å². The number of esters is 1. The number of carbonyl (C=O) groups is 1. The number of sulfonamides is 1. The van der Waals surface area contributed by atoms with Crippen LogP contribution in [0.1, 0.15) is 26.3 Å². The molecule has 0 heterocycles. The van der Waals surface area contributed by atoms with Crippen LogP contribution in [0.4, 0.5) is 5.69 Å². The molecule has 2 aromatic carbocycles. The normalized spacial score (nSPS) is 12.7. The molecule has 0 radical (unpaired) electrons. The van der Waals surface area contributed by atoms with E-state index in [9.17, 15) is 23.3 Å². The van der Waals surface area contributed by atoms with Crippen molar-refractivity contribution in [1.29, 1.82) is 0 Å². The van der Waals surface area contributed by atoms with Gasteiger partial charge in [0, 0.05) is 18.7 Å². The molecular formula is C20H24N2O6S. The van der Waals surface area contributed by atoms with Crippen LogP contribution >= 0.6 is 0 Å². The second-order valence-electron chi connectivity index (χ2n) is 6.73. The molecule has 0 unspecified atom stereocenters. The molecule has 0 aliphatic rings. The van der Waals surface area contributed by atoms with Crippen molar-refractivity contribution < 1.29 is 22.9 Å². The minimum absolute atomic E-state index is 0.0399. The van der Waals surface area contributed by atoms with Crippen molar-refractivity contribution in [2.24, 2.45) is 5.92 Å². The van der Waals surface area contributed by atoms with Crippen molar-refractivity contribution in [1.82, 2.24) is 4.31 Å². The van der Waals surface area contributed by atoms with Gasteiger partial charge in [-0.05, 0) is 30.5 Å². The second-order valence-corrected chi connectivity index (χ2v) is 8.62. The van der Waals surface area contributed by atoms with E-state index in [2.05, 4.69) is 0 Å². The Kier molecular flexibility index (Phi) is 7.46. The Morgan fingerprint density at radius 1 is 1.10 bits per heavy atom. The van der Waals surface area contributed by atoms with E-state index in [4.69, 9.17) is 4.74 Å². The number of rotatable bonds is 9. The first kappa shape index (κ1) is 22.5. The smallest absolute Gasteiger partial charge is 0.324 e. The van der Waals surface area contributed by atoms with Crippen molar-refractivity contribution in [2.45, 2.75) is 38.3 Å². The summed E-state index contributed by atoms with van der Waals surface area (Å²) in [6.07, 6.45) is 0. The van der Waals surface area contributed by atoms with Crippen molar-refractivity contribution >= 4 is 21.7 Å². The van der Waals surface area contributed by atoms with Crippen LogP contribution in [0.25, 0.3) is 0 Å². The van der Waals surface area contributed by atoms with Crippen molar-refractivity contribution in [3.63, 3.8) is 0 Å². The maximum atomic E-state index is 13.4. The molecule has 2 aromatic rings. The molecule has 0 aromatic heterocycles. The average Bonchev–Trinajstić information content (AvgIpc) is 2.68. The van der Waals surface area contributed by atoms with Gasteiger partial charge in [-0.3, -0.25) is 14.9 Å². The molecule has 0 saturated carbocycles. The Labute approximate surface area is 170 Å². The quantitative estimate of drug-likeness (QED) is 0.350. The Morgan fingerprint density at radius 3 is 2.17 bits per heavy atom. The van der Waals surface area contributed by atoms with E-state index in [1.54, 1.807) is 45.0 Å². The highest BCUT2D eigenvalue weighted by atomic mass is 32.2. The van der Waals surface area contributed by atoms with Crippen LogP contribution in [0.15, 0.2) is 59.5 Å². The fraction of sp³-hybridized carbons (Fsp3) is 0.350. The van der Waals surface area contributed by atoms with Crippen molar-refractivity contribution in [3.05, 3.63) is 70.3 Å². The number of nitro groups is 1. The van der Waals surface area contributed by atoms with Gasteiger partial charge in [-0.1, -0.05) is 44.2 Å². The summed E-state index contributed by atoms with van der Waals surface area (Å²) in [7, 11) is -4.14. The highest BCUT2D eigenvalue weighted by Gasteiger charge is 2.39. The molecule has 2 rings (SSSR count). The molecule has 0 aliphatic heterocycles. The first-order chi connectivity index (χ1) is 13.7. The van der Waals surface area contributed by atoms with Crippen LogP contribution in [0.3, 0.4) is 0 Å². The second kappa shape index (κ2) is 9.62. The van der Waals surface area contributed by atoms with E-state index >= 15 is 0 Å². The molecule has 0 fully saturated rings. The average molecular weight is 420 g/mol. The number of carbonyl (C=O) groups excluding carboxylic acids is 1. The summed E-state index contributed by atoms with van der Waals surface area (Å²) in [5.41, 5.74) is 0.484. The number of nitro benzene ring substituents is 1. The van der Waals surface area contributed by atoms with Crippen LogP contribution in [0, 0.1) is 16.0 Å². The summed E-state index contributed by atoms with van der Waals surface area (Å²) in [5.74, 6) is -0.991. The van der Waals surface area contributed by atoms with Gasteiger partial charge in [-0.2, -0.15) is 4.31 Å². The third kappa shape index (κ3) is 5.39. The van der Waals surface area contributed by atoms with Gasteiger partial charge in [0.05, 0.1) is 16.4 Å². The zero-order chi connectivity index (χ0) is 21.6. The Balaban J connectivity index is 2.54. The summed E-state index contributed by atoms with van der Waals surface area (Å²) in [4.78, 5) is 22.8. The Morgan fingerprint density at radius 2 is 1.69 bits per heavy atom. The first-order valence-electron chi connectivity index (χ1n) is 9.15. The lowest BCUT2D eigenvalue weighted by atomic mass is 10.0. The van der Waals surface area contributed by atoms with Gasteiger partial charge in [0.25, 0.3) is 5.69 Å². The fourth-order valence-electron chi connectivity index (χ4n) is 2.92. The topological polar surface area (TPSA) is 107 Å². The zero-order valence-corrected chi connectivity index (χ0v) is 17.3. The van der Waals surface area contributed by atoms with E-state index in [1.165, 1.54) is 12.1 Å². The largest absolute Gasteiger partial charge is 0.465 e. The molecular weight excluding hydrogens is 396 g/mol. The fourth-order valence-corrected chi connectivity index (χ4v) is 4.62. The van der Waals surface area contributed by atoms with Gasteiger partial charge in [0.2, 0.25) is 10.0 Å². The number of non-ortho nitro benzene ring substituents is 1. The maximum Gasteiger partial charge on any atom is 0.324 e. The third-order valence-electron chi connectivity index (χ3n) is 4.31. The van der Waals surface area contributed by atoms with Crippen LogP contribution in [0.5, 0.6) is 0 Å². The lowest BCUT2D eigenvalue weighted by Crippen LogP contribution is -2.48. The van der Waals surface area contributed by atoms with Gasteiger partial charge in [-0.15, -0.1) is 0 Å². The molecule has 0 amide bonds. The zero-order valence-electron chi connectivity index (χ0n) is 16.5. The molecule has 0 aliphatic carbocycles. The molecule has 8 nitrogen and oxygen atoms in total. The lowest BCUT2D eigenvalue weighted by Gasteiger charge is -2.32. The predicted molar refractivity (Wildman–Crippen MR) is 108 cm³/mol. The van der Waals surface area contributed by atoms with Gasteiger partial charge >= 0.3 is 5.97 Å². The molecule has 0 bridgehead atoms. The molecule has 156 valence electrons. The minimum Gasteiger partial charge on any atom is -0.465 e. The third-order valence-corrected chi connectivity index (χ3v) is 6.15. The maximum absolute atomic E-state index is 13.4. The van der Waals surface area contributed by atoms with Gasteiger partial charge in [0.15, 0.2) is 0 Å². The van der Waals surface area contributed by atoms with E-state index < -0.39 is 27.0 Å². The van der Waals surface area contributed by atoms with E-state index in [0.29, 0.717) is 5.56 Å². The predicted octanol–water partition coefficient (Wildman–Crippen LogP) is 3.37. The number of nitrogens with zero attached hydrogens (tertiary/aromatic N) is 2. The molecule has 29 heavy (non-hydrogen) atoms. The number of hydrogen-bond donors (Lipinski definition) is 0. The minimum atomic E-state index is -4.14. The highest BCUT2D eigenvalue weighted by molar-refractivity contribution is 7.89. The van der Waals surface area contributed by atoms with Crippen LogP contribution in [0.2, 0.25) is 0 Å². The molecule has 9 heteroatoms. The van der Waals surface area contributed by atoms with Crippen molar-refractivity contribution in [2.75, 3.05) is 6.61 Å². The lowest BCUT2D eigenvalue weighted by molar-refractivity contribution is -0.384. The summed E-state index contributed by atoms with van der Waals surface area (Å²) >= 11 is 0. The highest BCUT2D eigenvalue weighted by Crippen LogP contribution is 2.26. The van der Waals surface area contributed by atoms with Crippen LogP contribution in [-0.4, -0.2) is 36.3 Å².